The first-order chi connectivity index (χ1) is 13.6. The minimum absolute atomic E-state index is 0.301. The van der Waals surface area contributed by atoms with Gasteiger partial charge in [-0.25, -0.2) is 4.79 Å². The monoisotopic (exact) mass is 382 g/mol. The van der Waals surface area contributed by atoms with E-state index in [1.807, 2.05) is 30.5 Å². The molecule has 1 heterocycles. The predicted molar refractivity (Wildman–Crippen MR) is 105 cm³/mol. The molecule has 0 bridgehead atoms. The molecule has 7 nitrogen and oxygen atoms in total. The average Bonchev–Trinajstić information content (AvgIpc) is 3.14. The van der Waals surface area contributed by atoms with Crippen molar-refractivity contribution in [2.45, 2.75) is 12.5 Å². The van der Waals surface area contributed by atoms with Gasteiger partial charge in [0.1, 0.15) is 6.04 Å². The largest absolute Gasteiger partial charge is 0.493 e. The van der Waals surface area contributed by atoms with Crippen LogP contribution in [0.15, 0.2) is 48.7 Å². The second kappa shape index (κ2) is 8.47. The molecular weight excluding hydrogens is 360 g/mol. The number of methoxy groups -OCH3 is 3. The number of amides is 1. The molecule has 0 aliphatic rings. The van der Waals surface area contributed by atoms with E-state index in [1.165, 1.54) is 21.3 Å². The number of esters is 1. The summed E-state index contributed by atoms with van der Waals surface area (Å²) in [5.74, 6) is 0.0269. The Labute approximate surface area is 162 Å². The average molecular weight is 382 g/mol. The summed E-state index contributed by atoms with van der Waals surface area (Å²) in [5.41, 5.74) is 2.23. The standard InChI is InChI=1S/C21H22N2O5/c1-26-18-9-8-13(11-19(18)27-2)20(24)23-17(21(25)28-3)10-14-12-22-16-7-5-4-6-15(14)16/h4-9,11-12,17,22H,10H2,1-3H3,(H,23,24)/t17-/m1/s1. The molecule has 3 rings (SSSR count). The van der Waals surface area contributed by atoms with Crippen molar-refractivity contribution in [2.75, 3.05) is 21.3 Å². The number of para-hydroxylation sites is 1. The SMILES string of the molecule is COC(=O)[C@@H](Cc1c[nH]c2ccccc12)NC(=O)c1ccc(OC)c(OC)c1. The fourth-order valence-electron chi connectivity index (χ4n) is 3.07. The van der Waals surface area contributed by atoms with Crippen molar-refractivity contribution in [3.8, 4) is 11.5 Å². The second-order valence-corrected chi connectivity index (χ2v) is 6.18. The zero-order valence-corrected chi connectivity index (χ0v) is 15.9. The maximum atomic E-state index is 12.7. The summed E-state index contributed by atoms with van der Waals surface area (Å²) in [6, 6.07) is 11.8. The number of fused-ring (bicyclic) bond motifs is 1. The number of nitrogens with one attached hydrogen (secondary N) is 2. The van der Waals surface area contributed by atoms with Gasteiger partial charge in [0, 0.05) is 29.1 Å². The first kappa shape index (κ1) is 19.3. The van der Waals surface area contributed by atoms with E-state index in [2.05, 4.69) is 10.3 Å². The Morgan fingerprint density at radius 2 is 1.79 bits per heavy atom. The Balaban J connectivity index is 1.83. The van der Waals surface area contributed by atoms with Crippen LogP contribution in [-0.4, -0.2) is 44.2 Å². The maximum Gasteiger partial charge on any atom is 0.328 e. The lowest BCUT2D eigenvalue weighted by molar-refractivity contribution is -0.142. The number of H-pyrrole nitrogens is 1. The second-order valence-electron chi connectivity index (χ2n) is 6.18. The van der Waals surface area contributed by atoms with Crippen LogP contribution in [0.5, 0.6) is 11.5 Å². The van der Waals surface area contributed by atoms with Crippen molar-refractivity contribution in [1.29, 1.82) is 0 Å². The molecule has 1 atom stereocenters. The summed E-state index contributed by atoms with van der Waals surface area (Å²) in [4.78, 5) is 28.2. The van der Waals surface area contributed by atoms with Gasteiger partial charge in [0.2, 0.25) is 0 Å². The number of hydrogen-bond acceptors (Lipinski definition) is 5. The lowest BCUT2D eigenvalue weighted by Gasteiger charge is -2.17. The Morgan fingerprint density at radius 1 is 1.04 bits per heavy atom. The van der Waals surface area contributed by atoms with Crippen LogP contribution in [0, 0.1) is 0 Å². The van der Waals surface area contributed by atoms with Crippen LogP contribution in [0.25, 0.3) is 10.9 Å². The van der Waals surface area contributed by atoms with E-state index in [0.29, 0.717) is 23.5 Å². The van der Waals surface area contributed by atoms with Gasteiger partial charge in [0.05, 0.1) is 21.3 Å². The molecule has 0 fully saturated rings. The zero-order chi connectivity index (χ0) is 20.1. The van der Waals surface area contributed by atoms with Crippen molar-refractivity contribution >= 4 is 22.8 Å². The van der Waals surface area contributed by atoms with E-state index < -0.39 is 17.9 Å². The van der Waals surface area contributed by atoms with E-state index >= 15 is 0 Å². The molecule has 1 aromatic heterocycles. The molecule has 0 spiro atoms. The van der Waals surface area contributed by atoms with Crippen LogP contribution in [0.1, 0.15) is 15.9 Å². The first-order valence-corrected chi connectivity index (χ1v) is 8.73. The van der Waals surface area contributed by atoms with Gasteiger partial charge in [-0.2, -0.15) is 0 Å². The highest BCUT2D eigenvalue weighted by atomic mass is 16.5. The van der Waals surface area contributed by atoms with Gasteiger partial charge in [0.15, 0.2) is 11.5 Å². The third-order valence-corrected chi connectivity index (χ3v) is 4.54. The smallest absolute Gasteiger partial charge is 0.328 e. The Morgan fingerprint density at radius 3 is 2.50 bits per heavy atom. The molecule has 0 saturated carbocycles. The van der Waals surface area contributed by atoms with Crippen LogP contribution in [0.3, 0.4) is 0 Å². The van der Waals surface area contributed by atoms with Crippen molar-refractivity contribution < 1.29 is 23.8 Å². The van der Waals surface area contributed by atoms with Gasteiger partial charge >= 0.3 is 5.97 Å². The van der Waals surface area contributed by atoms with E-state index in [4.69, 9.17) is 14.2 Å². The molecule has 7 heteroatoms. The summed E-state index contributed by atoms with van der Waals surface area (Å²) >= 11 is 0. The molecule has 0 aliphatic heterocycles. The Kier molecular flexibility index (Phi) is 5.84. The highest BCUT2D eigenvalue weighted by Gasteiger charge is 2.24. The fraction of sp³-hybridized carbons (Fsp3) is 0.238. The van der Waals surface area contributed by atoms with E-state index in [-0.39, 0.29) is 0 Å². The third kappa shape index (κ3) is 3.93. The number of aromatic amines is 1. The zero-order valence-electron chi connectivity index (χ0n) is 15.9. The van der Waals surface area contributed by atoms with Gasteiger partial charge in [-0.05, 0) is 29.8 Å². The van der Waals surface area contributed by atoms with Crippen molar-refractivity contribution in [3.05, 3.63) is 59.8 Å². The van der Waals surface area contributed by atoms with Crippen LogP contribution < -0.4 is 14.8 Å². The molecule has 28 heavy (non-hydrogen) atoms. The maximum absolute atomic E-state index is 12.7. The molecule has 0 radical (unpaired) electrons. The number of hydrogen-bond donors (Lipinski definition) is 2. The van der Waals surface area contributed by atoms with Gasteiger partial charge in [-0.3, -0.25) is 4.79 Å². The van der Waals surface area contributed by atoms with Crippen LogP contribution >= 0.6 is 0 Å². The minimum Gasteiger partial charge on any atom is -0.493 e. The van der Waals surface area contributed by atoms with Crippen LogP contribution in [0.4, 0.5) is 0 Å². The normalized spacial score (nSPS) is 11.7. The minimum atomic E-state index is -0.829. The van der Waals surface area contributed by atoms with Gasteiger partial charge < -0.3 is 24.5 Å². The quantitative estimate of drug-likeness (QED) is 0.613. The lowest BCUT2D eigenvalue weighted by atomic mass is 10.0. The summed E-state index contributed by atoms with van der Waals surface area (Å²) < 4.78 is 15.3. The lowest BCUT2D eigenvalue weighted by Crippen LogP contribution is -2.43. The van der Waals surface area contributed by atoms with Crippen molar-refractivity contribution in [3.63, 3.8) is 0 Å². The van der Waals surface area contributed by atoms with Crippen LogP contribution in [0.2, 0.25) is 0 Å². The predicted octanol–water partition coefficient (Wildman–Crippen LogP) is 2.70. The Bertz CT molecular complexity index is 995. The molecule has 3 aromatic rings. The van der Waals surface area contributed by atoms with Crippen molar-refractivity contribution in [1.82, 2.24) is 10.3 Å². The topological polar surface area (TPSA) is 89.7 Å². The number of rotatable bonds is 7. The van der Waals surface area contributed by atoms with Crippen molar-refractivity contribution in [2.24, 2.45) is 0 Å². The van der Waals surface area contributed by atoms with E-state index in [9.17, 15) is 9.59 Å². The van der Waals surface area contributed by atoms with E-state index in [0.717, 1.165) is 16.5 Å². The van der Waals surface area contributed by atoms with E-state index in [1.54, 1.807) is 18.2 Å². The molecule has 0 saturated heterocycles. The summed E-state index contributed by atoms with van der Waals surface area (Å²) in [7, 11) is 4.31. The fourth-order valence-corrected chi connectivity index (χ4v) is 3.07. The Hall–Kier alpha value is -3.48. The summed E-state index contributed by atoms with van der Waals surface area (Å²) in [5, 5.41) is 3.75. The number of carbonyl (C=O) groups excluding carboxylic acids is 2. The number of benzene rings is 2. The highest BCUT2D eigenvalue weighted by Crippen LogP contribution is 2.27. The summed E-state index contributed by atoms with van der Waals surface area (Å²) in [6.45, 7) is 0. The van der Waals surface area contributed by atoms with Gasteiger partial charge in [-0.1, -0.05) is 18.2 Å². The molecule has 0 unspecified atom stereocenters. The molecule has 2 aromatic carbocycles. The number of ether oxygens (including phenoxy) is 3. The van der Waals surface area contributed by atoms with Gasteiger partial charge in [-0.15, -0.1) is 0 Å². The highest BCUT2D eigenvalue weighted by molar-refractivity contribution is 5.97. The molecule has 2 N–H and O–H groups in total. The number of aromatic nitrogens is 1. The summed E-state index contributed by atoms with van der Waals surface area (Å²) in [6.07, 6.45) is 2.14. The third-order valence-electron chi connectivity index (χ3n) is 4.54. The molecular formula is C21H22N2O5. The molecule has 0 aliphatic carbocycles. The van der Waals surface area contributed by atoms with Crippen LogP contribution in [-0.2, 0) is 16.0 Å². The van der Waals surface area contributed by atoms with Gasteiger partial charge in [0.25, 0.3) is 5.91 Å². The molecule has 1 amide bonds. The molecule has 146 valence electrons. The number of carbonyl (C=O) groups is 2. The first-order valence-electron chi connectivity index (χ1n) is 8.73.